The Morgan fingerprint density at radius 1 is 1.27 bits per heavy atom. The molecule has 1 aromatic rings. The molecule has 0 N–H and O–H groups in total. The zero-order valence-electron chi connectivity index (χ0n) is 12.5. The second-order valence-corrected chi connectivity index (χ2v) is 8.44. The van der Waals surface area contributed by atoms with Gasteiger partial charge in [0.25, 0.3) is 0 Å². The zero-order chi connectivity index (χ0) is 15.4. The van der Waals surface area contributed by atoms with Crippen molar-refractivity contribution in [2.24, 2.45) is 0 Å². The van der Waals surface area contributed by atoms with Crippen LogP contribution < -0.4 is 0 Å². The summed E-state index contributed by atoms with van der Waals surface area (Å²) in [7, 11) is 0. The molecule has 22 heavy (non-hydrogen) atoms. The van der Waals surface area contributed by atoms with Crippen molar-refractivity contribution in [3.63, 3.8) is 0 Å². The van der Waals surface area contributed by atoms with Gasteiger partial charge in [0.15, 0.2) is 0 Å². The van der Waals surface area contributed by atoms with E-state index >= 15 is 0 Å². The minimum atomic E-state index is 0.142. The van der Waals surface area contributed by atoms with E-state index in [1.807, 2.05) is 22.7 Å². The van der Waals surface area contributed by atoms with Gasteiger partial charge in [-0.05, 0) is 18.6 Å². The lowest BCUT2D eigenvalue weighted by Gasteiger charge is -2.35. The number of morpholine rings is 1. The average molecular weight is 361 g/mol. The van der Waals surface area contributed by atoms with Gasteiger partial charge in [-0.3, -0.25) is 9.69 Å². The second kappa shape index (κ2) is 8.02. The van der Waals surface area contributed by atoms with Crippen molar-refractivity contribution in [3.8, 4) is 0 Å². The number of hydrogen-bond acceptors (Lipinski definition) is 5. The summed E-state index contributed by atoms with van der Waals surface area (Å²) >= 11 is 9.49. The van der Waals surface area contributed by atoms with E-state index in [2.05, 4.69) is 11.0 Å². The van der Waals surface area contributed by atoms with Crippen molar-refractivity contribution in [1.82, 2.24) is 9.80 Å². The highest BCUT2D eigenvalue weighted by atomic mass is 35.5. The lowest BCUT2D eigenvalue weighted by atomic mass is 10.2. The van der Waals surface area contributed by atoms with Gasteiger partial charge in [0.2, 0.25) is 5.91 Å². The predicted molar refractivity (Wildman–Crippen MR) is 92.7 cm³/mol. The van der Waals surface area contributed by atoms with Crippen molar-refractivity contribution >= 4 is 40.6 Å². The van der Waals surface area contributed by atoms with Crippen molar-refractivity contribution in [2.75, 3.05) is 45.1 Å². The van der Waals surface area contributed by atoms with Gasteiger partial charge in [0, 0.05) is 43.2 Å². The average Bonchev–Trinajstić information content (AvgIpc) is 2.96. The molecular weight excluding hydrogens is 340 g/mol. The molecule has 3 rings (SSSR count). The van der Waals surface area contributed by atoms with Gasteiger partial charge < -0.3 is 9.64 Å². The number of rotatable bonds is 5. The van der Waals surface area contributed by atoms with Gasteiger partial charge in [-0.2, -0.15) is 0 Å². The second-order valence-electron chi connectivity index (χ2n) is 5.51. The highest BCUT2D eigenvalue weighted by Gasteiger charge is 2.30. The first-order valence-corrected chi connectivity index (χ1v) is 9.95. The summed E-state index contributed by atoms with van der Waals surface area (Å²) in [6.45, 7) is 5.53. The summed E-state index contributed by atoms with van der Waals surface area (Å²) in [5.74, 6) is 1.18. The van der Waals surface area contributed by atoms with Gasteiger partial charge in [-0.25, -0.2) is 0 Å². The third-order valence-corrected chi connectivity index (χ3v) is 6.71. The van der Waals surface area contributed by atoms with Crippen molar-refractivity contribution < 1.29 is 9.53 Å². The number of thioether (sulfide) groups is 1. The third kappa shape index (κ3) is 4.17. The Morgan fingerprint density at radius 3 is 2.82 bits per heavy atom. The maximum atomic E-state index is 12.3. The molecule has 2 fully saturated rings. The third-order valence-electron chi connectivity index (χ3n) is 4.01. The molecule has 1 aromatic heterocycles. The highest BCUT2D eigenvalue weighted by Crippen LogP contribution is 2.41. The Morgan fingerprint density at radius 2 is 2.09 bits per heavy atom. The van der Waals surface area contributed by atoms with E-state index in [0.717, 1.165) is 55.9 Å². The molecule has 2 aliphatic rings. The molecule has 3 heterocycles. The molecule has 1 atom stereocenters. The van der Waals surface area contributed by atoms with Crippen LogP contribution in [0.3, 0.4) is 0 Å². The standard InChI is InChI=1S/C15H21ClN2O2S2/c16-13-3-2-12(22-13)15-18(14(19)4-11-21-15)6-1-5-17-7-9-20-10-8-17/h2-3,15H,1,4-11H2. The van der Waals surface area contributed by atoms with E-state index in [1.165, 1.54) is 4.88 Å². The number of halogens is 1. The first kappa shape index (κ1) is 16.6. The molecule has 0 aromatic carbocycles. The smallest absolute Gasteiger partial charge is 0.224 e. The van der Waals surface area contributed by atoms with Crippen LogP contribution in [-0.2, 0) is 9.53 Å². The maximum absolute atomic E-state index is 12.3. The number of carbonyl (C=O) groups excluding carboxylic acids is 1. The molecule has 122 valence electrons. The van der Waals surface area contributed by atoms with Crippen LogP contribution >= 0.6 is 34.7 Å². The molecule has 1 unspecified atom stereocenters. The van der Waals surface area contributed by atoms with Crippen LogP contribution in [0.25, 0.3) is 0 Å². The topological polar surface area (TPSA) is 32.8 Å². The maximum Gasteiger partial charge on any atom is 0.224 e. The first-order valence-electron chi connectivity index (χ1n) is 7.70. The summed E-state index contributed by atoms with van der Waals surface area (Å²) < 4.78 is 6.16. The summed E-state index contributed by atoms with van der Waals surface area (Å²) in [6, 6.07) is 3.98. The summed E-state index contributed by atoms with van der Waals surface area (Å²) in [4.78, 5) is 18.0. The molecule has 2 aliphatic heterocycles. The fourth-order valence-electron chi connectivity index (χ4n) is 2.85. The van der Waals surface area contributed by atoms with Gasteiger partial charge >= 0.3 is 0 Å². The minimum Gasteiger partial charge on any atom is -0.379 e. The minimum absolute atomic E-state index is 0.142. The largest absolute Gasteiger partial charge is 0.379 e. The molecule has 1 amide bonds. The Hall–Kier alpha value is -0.270. The number of ether oxygens (including phenoxy) is 1. The van der Waals surface area contributed by atoms with E-state index in [4.69, 9.17) is 16.3 Å². The molecular formula is C15H21ClN2O2S2. The molecule has 7 heteroatoms. The van der Waals surface area contributed by atoms with Crippen LogP contribution in [0.1, 0.15) is 23.1 Å². The van der Waals surface area contributed by atoms with E-state index in [9.17, 15) is 4.79 Å². The normalized spacial score (nSPS) is 24.0. The van der Waals surface area contributed by atoms with Crippen LogP contribution in [0.15, 0.2) is 12.1 Å². The molecule has 0 aliphatic carbocycles. The molecule has 4 nitrogen and oxygen atoms in total. The van der Waals surface area contributed by atoms with Crippen LogP contribution in [0.2, 0.25) is 4.34 Å². The molecule has 0 radical (unpaired) electrons. The quantitative estimate of drug-likeness (QED) is 0.807. The first-order chi connectivity index (χ1) is 10.7. The van der Waals surface area contributed by atoms with E-state index < -0.39 is 0 Å². The Balaban J connectivity index is 1.57. The lowest BCUT2D eigenvalue weighted by Crippen LogP contribution is -2.41. The van der Waals surface area contributed by atoms with Gasteiger partial charge in [0.05, 0.1) is 17.6 Å². The van der Waals surface area contributed by atoms with Crippen LogP contribution in [-0.4, -0.2) is 60.9 Å². The highest BCUT2D eigenvalue weighted by molar-refractivity contribution is 7.99. The number of thiophene rings is 1. The van der Waals surface area contributed by atoms with Gasteiger partial charge in [-0.15, -0.1) is 23.1 Å². The summed E-state index contributed by atoms with van der Waals surface area (Å²) in [5.41, 5.74) is 0. The van der Waals surface area contributed by atoms with Crippen molar-refractivity contribution in [3.05, 3.63) is 21.3 Å². The lowest BCUT2D eigenvalue weighted by molar-refractivity contribution is -0.132. The Bertz CT molecular complexity index is 505. The van der Waals surface area contributed by atoms with Crippen molar-refractivity contribution in [1.29, 1.82) is 0 Å². The molecule has 0 saturated carbocycles. The molecule has 2 saturated heterocycles. The summed E-state index contributed by atoms with van der Waals surface area (Å²) in [6.07, 6.45) is 1.67. The molecule has 0 spiro atoms. The fourth-order valence-corrected chi connectivity index (χ4v) is 5.42. The number of hydrogen-bond donors (Lipinski definition) is 0. The van der Waals surface area contributed by atoms with Crippen LogP contribution in [0.5, 0.6) is 0 Å². The predicted octanol–water partition coefficient (Wildman–Crippen LogP) is 3.09. The van der Waals surface area contributed by atoms with E-state index in [-0.39, 0.29) is 11.3 Å². The van der Waals surface area contributed by atoms with Crippen molar-refractivity contribution in [2.45, 2.75) is 18.2 Å². The van der Waals surface area contributed by atoms with Gasteiger partial charge in [0.1, 0.15) is 5.37 Å². The SMILES string of the molecule is O=C1CCSC(c2ccc(Cl)s2)N1CCCN1CCOCC1. The fraction of sp³-hybridized carbons (Fsp3) is 0.667. The molecule has 0 bridgehead atoms. The summed E-state index contributed by atoms with van der Waals surface area (Å²) in [5, 5.41) is 0.142. The number of nitrogens with zero attached hydrogens (tertiary/aromatic N) is 2. The van der Waals surface area contributed by atoms with E-state index in [1.54, 1.807) is 11.3 Å². The number of carbonyl (C=O) groups is 1. The van der Waals surface area contributed by atoms with Gasteiger partial charge in [-0.1, -0.05) is 11.6 Å². The Kier molecular flexibility index (Phi) is 6.04. The number of amides is 1. The monoisotopic (exact) mass is 360 g/mol. The van der Waals surface area contributed by atoms with Crippen LogP contribution in [0.4, 0.5) is 0 Å². The van der Waals surface area contributed by atoms with E-state index in [0.29, 0.717) is 6.42 Å². The van der Waals surface area contributed by atoms with Crippen LogP contribution in [0, 0.1) is 0 Å². The zero-order valence-corrected chi connectivity index (χ0v) is 14.9. The Labute approximate surface area is 144 Å².